The van der Waals surface area contributed by atoms with Gasteiger partial charge in [-0.05, 0) is 36.6 Å². The maximum atomic E-state index is 9.66. The average molecular weight is 244 g/mol. The summed E-state index contributed by atoms with van der Waals surface area (Å²) in [7, 11) is 0. The molecule has 1 unspecified atom stereocenters. The van der Waals surface area contributed by atoms with Gasteiger partial charge in [0.25, 0.3) is 0 Å². The number of benzene rings is 1. The highest BCUT2D eigenvalue weighted by atomic mass is 79.9. The predicted octanol–water partition coefficient (Wildman–Crippen LogP) is 2.06. The normalized spacial score (nSPS) is 13.0. The fraction of sp³-hybridized carbons (Fsp3) is 0.400. The van der Waals surface area contributed by atoms with E-state index in [1.807, 2.05) is 26.0 Å². The van der Waals surface area contributed by atoms with Crippen LogP contribution in [0.1, 0.15) is 22.8 Å². The van der Waals surface area contributed by atoms with Crippen molar-refractivity contribution in [2.75, 3.05) is 6.54 Å². The largest absolute Gasteiger partial charge is 0.387 e. The summed E-state index contributed by atoms with van der Waals surface area (Å²) in [4.78, 5) is 0. The van der Waals surface area contributed by atoms with E-state index in [1.54, 1.807) is 0 Å². The summed E-state index contributed by atoms with van der Waals surface area (Å²) in [6.07, 6.45) is -0.575. The molecule has 0 aliphatic heterocycles. The smallest absolute Gasteiger partial charge is 0.0925 e. The molecule has 3 N–H and O–H groups in total. The summed E-state index contributed by atoms with van der Waals surface area (Å²) in [5, 5.41) is 9.66. The lowest BCUT2D eigenvalue weighted by molar-refractivity contribution is 0.185. The summed E-state index contributed by atoms with van der Waals surface area (Å²) in [6, 6.07) is 3.96. The van der Waals surface area contributed by atoms with E-state index in [9.17, 15) is 5.11 Å². The molecular formula is C10H14BrNO. The minimum atomic E-state index is -0.575. The summed E-state index contributed by atoms with van der Waals surface area (Å²) in [5.74, 6) is 0. The lowest BCUT2D eigenvalue weighted by atomic mass is 9.99. The van der Waals surface area contributed by atoms with Gasteiger partial charge in [-0.2, -0.15) is 0 Å². The second-order valence-electron chi connectivity index (χ2n) is 3.15. The van der Waals surface area contributed by atoms with Crippen molar-refractivity contribution >= 4 is 15.9 Å². The Morgan fingerprint density at radius 3 is 2.62 bits per heavy atom. The van der Waals surface area contributed by atoms with Crippen LogP contribution in [0.5, 0.6) is 0 Å². The molecule has 0 aliphatic carbocycles. The molecule has 1 rings (SSSR count). The average Bonchev–Trinajstić information content (AvgIpc) is 2.12. The van der Waals surface area contributed by atoms with Crippen molar-refractivity contribution in [3.05, 3.63) is 33.3 Å². The van der Waals surface area contributed by atoms with Gasteiger partial charge in [0, 0.05) is 11.0 Å². The van der Waals surface area contributed by atoms with Crippen LogP contribution in [0.4, 0.5) is 0 Å². The molecule has 0 spiro atoms. The molecule has 0 aliphatic rings. The van der Waals surface area contributed by atoms with Crippen molar-refractivity contribution in [2.24, 2.45) is 5.73 Å². The van der Waals surface area contributed by atoms with Crippen LogP contribution in [0.2, 0.25) is 0 Å². The number of aliphatic hydroxyl groups excluding tert-OH is 1. The van der Waals surface area contributed by atoms with Crippen LogP contribution in [0.25, 0.3) is 0 Å². The van der Waals surface area contributed by atoms with Crippen LogP contribution in [-0.4, -0.2) is 11.7 Å². The van der Waals surface area contributed by atoms with Crippen LogP contribution in [-0.2, 0) is 0 Å². The van der Waals surface area contributed by atoms with Gasteiger partial charge in [0.05, 0.1) is 6.10 Å². The Labute approximate surface area is 86.9 Å². The minimum Gasteiger partial charge on any atom is -0.387 e. The van der Waals surface area contributed by atoms with Crippen molar-refractivity contribution in [3.63, 3.8) is 0 Å². The van der Waals surface area contributed by atoms with Gasteiger partial charge in [-0.25, -0.2) is 0 Å². The Kier molecular flexibility index (Phi) is 3.47. The maximum Gasteiger partial charge on any atom is 0.0925 e. The standard InChI is InChI=1S/C10H14BrNO/c1-6-3-4-8(11)10(7(6)2)9(13)5-12/h3-4,9,13H,5,12H2,1-2H3. The molecule has 0 heterocycles. The third kappa shape index (κ3) is 2.10. The van der Waals surface area contributed by atoms with Crippen LogP contribution in [0.3, 0.4) is 0 Å². The van der Waals surface area contributed by atoms with E-state index in [4.69, 9.17) is 5.73 Å². The van der Waals surface area contributed by atoms with Gasteiger partial charge >= 0.3 is 0 Å². The molecule has 1 aromatic rings. The molecule has 0 bridgehead atoms. The number of hydrogen-bond acceptors (Lipinski definition) is 2. The highest BCUT2D eigenvalue weighted by Crippen LogP contribution is 2.28. The molecule has 0 saturated carbocycles. The Morgan fingerprint density at radius 1 is 1.46 bits per heavy atom. The summed E-state index contributed by atoms with van der Waals surface area (Å²) in [6.45, 7) is 4.27. The third-order valence-electron chi connectivity index (χ3n) is 2.29. The summed E-state index contributed by atoms with van der Waals surface area (Å²) >= 11 is 3.41. The van der Waals surface area contributed by atoms with Gasteiger partial charge in [-0.1, -0.05) is 22.0 Å². The molecule has 0 saturated heterocycles. The van der Waals surface area contributed by atoms with E-state index in [1.165, 1.54) is 5.56 Å². The molecule has 1 aromatic carbocycles. The second kappa shape index (κ2) is 4.22. The fourth-order valence-electron chi connectivity index (χ4n) is 1.33. The Bertz CT molecular complexity index is 312. The molecule has 0 aromatic heterocycles. The molecule has 13 heavy (non-hydrogen) atoms. The maximum absolute atomic E-state index is 9.66. The number of aliphatic hydroxyl groups is 1. The summed E-state index contributed by atoms with van der Waals surface area (Å²) in [5.41, 5.74) is 8.60. The lowest BCUT2D eigenvalue weighted by Crippen LogP contribution is -2.13. The number of aryl methyl sites for hydroxylation is 1. The number of rotatable bonds is 2. The van der Waals surface area contributed by atoms with Crippen LogP contribution in [0, 0.1) is 13.8 Å². The van der Waals surface area contributed by atoms with Crippen molar-refractivity contribution in [1.82, 2.24) is 0 Å². The SMILES string of the molecule is Cc1ccc(Br)c(C(O)CN)c1C. The fourth-order valence-corrected chi connectivity index (χ4v) is 2.03. The van der Waals surface area contributed by atoms with Crippen molar-refractivity contribution in [1.29, 1.82) is 0 Å². The van der Waals surface area contributed by atoms with E-state index in [-0.39, 0.29) is 6.54 Å². The van der Waals surface area contributed by atoms with Gasteiger partial charge in [0.1, 0.15) is 0 Å². The molecule has 0 amide bonds. The lowest BCUT2D eigenvalue weighted by Gasteiger charge is -2.15. The molecule has 72 valence electrons. The van der Waals surface area contributed by atoms with Gasteiger partial charge in [-0.3, -0.25) is 0 Å². The molecule has 0 fully saturated rings. The highest BCUT2D eigenvalue weighted by molar-refractivity contribution is 9.10. The molecular weight excluding hydrogens is 230 g/mol. The third-order valence-corrected chi connectivity index (χ3v) is 2.98. The molecule has 3 heteroatoms. The molecule has 0 radical (unpaired) electrons. The van der Waals surface area contributed by atoms with E-state index < -0.39 is 6.10 Å². The van der Waals surface area contributed by atoms with Gasteiger partial charge in [0.2, 0.25) is 0 Å². The Morgan fingerprint density at radius 2 is 2.08 bits per heavy atom. The first-order valence-electron chi connectivity index (χ1n) is 4.21. The zero-order valence-corrected chi connectivity index (χ0v) is 9.43. The van der Waals surface area contributed by atoms with Gasteiger partial charge in [0.15, 0.2) is 0 Å². The number of hydrogen-bond donors (Lipinski definition) is 2. The quantitative estimate of drug-likeness (QED) is 0.836. The van der Waals surface area contributed by atoms with Crippen LogP contribution >= 0.6 is 15.9 Å². The zero-order valence-electron chi connectivity index (χ0n) is 7.84. The Balaban J connectivity index is 3.25. The van der Waals surface area contributed by atoms with E-state index in [2.05, 4.69) is 15.9 Å². The van der Waals surface area contributed by atoms with Crippen LogP contribution in [0.15, 0.2) is 16.6 Å². The van der Waals surface area contributed by atoms with Crippen molar-refractivity contribution in [3.8, 4) is 0 Å². The van der Waals surface area contributed by atoms with E-state index in [0.717, 1.165) is 15.6 Å². The molecule has 1 atom stereocenters. The summed E-state index contributed by atoms with van der Waals surface area (Å²) < 4.78 is 0.925. The van der Waals surface area contributed by atoms with Gasteiger partial charge < -0.3 is 10.8 Å². The van der Waals surface area contributed by atoms with E-state index in [0.29, 0.717) is 0 Å². The first-order chi connectivity index (χ1) is 6.07. The van der Waals surface area contributed by atoms with Crippen molar-refractivity contribution < 1.29 is 5.11 Å². The Hall–Kier alpha value is -0.380. The number of halogens is 1. The van der Waals surface area contributed by atoms with Gasteiger partial charge in [-0.15, -0.1) is 0 Å². The van der Waals surface area contributed by atoms with Crippen LogP contribution < -0.4 is 5.73 Å². The minimum absolute atomic E-state index is 0.253. The zero-order chi connectivity index (χ0) is 10.0. The van der Waals surface area contributed by atoms with Crippen molar-refractivity contribution in [2.45, 2.75) is 20.0 Å². The highest BCUT2D eigenvalue weighted by Gasteiger charge is 2.13. The van der Waals surface area contributed by atoms with E-state index >= 15 is 0 Å². The predicted molar refractivity (Wildman–Crippen MR) is 57.6 cm³/mol. The first kappa shape index (κ1) is 10.7. The number of nitrogens with two attached hydrogens (primary N) is 1. The monoisotopic (exact) mass is 243 g/mol. The first-order valence-corrected chi connectivity index (χ1v) is 5.01. The molecule has 2 nitrogen and oxygen atoms in total. The second-order valence-corrected chi connectivity index (χ2v) is 4.01. The topological polar surface area (TPSA) is 46.2 Å².